The standard InChI is InChI=1S/C10H17N3O2/c1-6(10(2,3)4)13-7(11)5-8(14)12-9(13)15/h5-6H,11H2,1-4H3,(H,12,14,15). The van der Waals surface area contributed by atoms with Gasteiger partial charge in [-0.25, -0.2) is 4.79 Å². The Kier molecular flexibility index (Phi) is 2.75. The van der Waals surface area contributed by atoms with Crippen molar-refractivity contribution in [3.63, 3.8) is 0 Å². The molecule has 0 aliphatic carbocycles. The monoisotopic (exact) mass is 211 g/mol. The molecule has 0 saturated carbocycles. The van der Waals surface area contributed by atoms with E-state index < -0.39 is 11.2 Å². The molecule has 1 aromatic rings. The van der Waals surface area contributed by atoms with Crippen molar-refractivity contribution in [3.8, 4) is 0 Å². The predicted octanol–water partition coefficient (Wildman–Crippen LogP) is 0.726. The molecule has 0 saturated heterocycles. The Hall–Kier alpha value is -1.52. The zero-order valence-corrected chi connectivity index (χ0v) is 9.50. The van der Waals surface area contributed by atoms with Crippen LogP contribution in [-0.4, -0.2) is 9.55 Å². The number of aromatic amines is 1. The highest BCUT2D eigenvalue weighted by Gasteiger charge is 2.24. The fraction of sp³-hybridized carbons (Fsp3) is 0.600. The normalized spacial score (nSPS) is 13.9. The summed E-state index contributed by atoms with van der Waals surface area (Å²) in [5.41, 5.74) is 4.64. The first-order valence-corrected chi connectivity index (χ1v) is 4.85. The van der Waals surface area contributed by atoms with Gasteiger partial charge in [0.05, 0.1) is 0 Å². The molecule has 3 N–H and O–H groups in total. The van der Waals surface area contributed by atoms with Crippen LogP contribution in [0.1, 0.15) is 33.7 Å². The van der Waals surface area contributed by atoms with Crippen molar-refractivity contribution >= 4 is 5.82 Å². The van der Waals surface area contributed by atoms with E-state index >= 15 is 0 Å². The van der Waals surface area contributed by atoms with Crippen LogP contribution in [0.15, 0.2) is 15.7 Å². The van der Waals surface area contributed by atoms with Gasteiger partial charge in [-0.05, 0) is 12.3 Å². The zero-order valence-electron chi connectivity index (χ0n) is 9.50. The molecule has 84 valence electrons. The van der Waals surface area contributed by atoms with E-state index in [0.29, 0.717) is 0 Å². The third-order valence-electron chi connectivity index (χ3n) is 2.65. The Labute approximate surface area is 87.9 Å². The predicted molar refractivity (Wildman–Crippen MR) is 59.9 cm³/mol. The highest BCUT2D eigenvalue weighted by atomic mass is 16.2. The molecule has 15 heavy (non-hydrogen) atoms. The lowest BCUT2D eigenvalue weighted by Crippen LogP contribution is -2.37. The second kappa shape index (κ2) is 3.56. The molecule has 0 aromatic carbocycles. The Morgan fingerprint density at radius 2 is 1.93 bits per heavy atom. The van der Waals surface area contributed by atoms with Crippen molar-refractivity contribution in [1.29, 1.82) is 0 Å². The number of hydrogen-bond acceptors (Lipinski definition) is 3. The molecule has 0 bridgehead atoms. The van der Waals surface area contributed by atoms with Crippen LogP contribution in [0.25, 0.3) is 0 Å². The Morgan fingerprint density at radius 1 is 1.40 bits per heavy atom. The summed E-state index contributed by atoms with van der Waals surface area (Å²) >= 11 is 0. The van der Waals surface area contributed by atoms with E-state index in [4.69, 9.17) is 5.73 Å². The lowest BCUT2D eigenvalue weighted by molar-refractivity contribution is 0.257. The summed E-state index contributed by atoms with van der Waals surface area (Å²) in [5.74, 6) is 0.200. The third kappa shape index (κ3) is 2.29. The minimum atomic E-state index is -0.463. The van der Waals surface area contributed by atoms with Crippen LogP contribution in [0.5, 0.6) is 0 Å². The molecule has 0 fully saturated rings. The number of anilines is 1. The lowest BCUT2D eigenvalue weighted by Gasteiger charge is -2.29. The van der Waals surface area contributed by atoms with Crippen LogP contribution in [-0.2, 0) is 0 Å². The summed E-state index contributed by atoms with van der Waals surface area (Å²) in [5, 5.41) is 0. The van der Waals surface area contributed by atoms with Gasteiger partial charge in [0.2, 0.25) is 0 Å². The molecule has 0 aliphatic heterocycles. The Morgan fingerprint density at radius 3 is 2.33 bits per heavy atom. The molecule has 1 rings (SSSR count). The van der Waals surface area contributed by atoms with Gasteiger partial charge in [-0.2, -0.15) is 0 Å². The van der Waals surface area contributed by atoms with Gasteiger partial charge in [-0.3, -0.25) is 14.3 Å². The Balaban J connectivity index is 3.39. The van der Waals surface area contributed by atoms with Crippen molar-refractivity contribution in [2.24, 2.45) is 5.41 Å². The Bertz CT molecular complexity index is 465. The molecule has 5 nitrogen and oxygen atoms in total. The molecule has 1 atom stereocenters. The summed E-state index contributed by atoms with van der Waals surface area (Å²) in [6.45, 7) is 7.92. The fourth-order valence-electron chi connectivity index (χ4n) is 1.31. The maximum atomic E-state index is 11.6. The first kappa shape index (κ1) is 11.6. The van der Waals surface area contributed by atoms with Gasteiger partial charge in [0.25, 0.3) is 5.56 Å². The molecular formula is C10H17N3O2. The van der Waals surface area contributed by atoms with Gasteiger partial charge < -0.3 is 5.73 Å². The first-order chi connectivity index (χ1) is 6.73. The average Bonchev–Trinajstić information content (AvgIpc) is 1.99. The SMILES string of the molecule is CC(n1c(N)cc(=O)[nH]c1=O)C(C)(C)C. The summed E-state index contributed by atoms with van der Waals surface area (Å²) < 4.78 is 1.40. The molecule has 0 amide bonds. The first-order valence-electron chi connectivity index (χ1n) is 4.85. The smallest absolute Gasteiger partial charge is 0.330 e. The number of nitrogens with two attached hydrogens (primary N) is 1. The average molecular weight is 211 g/mol. The molecule has 1 aromatic heterocycles. The molecular weight excluding hydrogens is 194 g/mol. The van der Waals surface area contributed by atoms with Crippen LogP contribution >= 0.6 is 0 Å². The zero-order chi connectivity index (χ0) is 11.8. The van der Waals surface area contributed by atoms with E-state index in [9.17, 15) is 9.59 Å². The van der Waals surface area contributed by atoms with Crippen LogP contribution in [0.3, 0.4) is 0 Å². The number of nitrogen functional groups attached to an aromatic ring is 1. The highest BCUT2D eigenvalue weighted by molar-refractivity contribution is 5.27. The number of rotatable bonds is 1. The third-order valence-corrected chi connectivity index (χ3v) is 2.65. The van der Waals surface area contributed by atoms with Crippen molar-refractivity contribution < 1.29 is 0 Å². The maximum Gasteiger partial charge on any atom is 0.330 e. The largest absolute Gasteiger partial charge is 0.385 e. The molecule has 1 heterocycles. The molecule has 0 aliphatic rings. The summed E-state index contributed by atoms with van der Waals surface area (Å²) in [6, 6.07) is 1.14. The lowest BCUT2D eigenvalue weighted by atomic mass is 9.88. The number of H-pyrrole nitrogens is 1. The topological polar surface area (TPSA) is 80.9 Å². The minimum Gasteiger partial charge on any atom is -0.385 e. The minimum absolute atomic E-state index is 0.0816. The van der Waals surface area contributed by atoms with Crippen molar-refractivity contribution in [1.82, 2.24) is 9.55 Å². The second-order valence-electron chi connectivity index (χ2n) is 4.78. The van der Waals surface area contributed by atoms with Gasteiger partial charge in [-0.1, -0.05) is 20.8 Å². The highest BCUT2D eigenvalue weighted by Crippen LogP contribution is 2.29. The number of nitrogens with one attached hydrogen (secondary N) is 1. The van der Waals surface area contributed by atoms with Crippen molar-refractivity contribution in [2.45, 2.75) is 33.7 Å². The maximum absolute atomic E-state index is 11.6. The van der Waals surface area contributed by atoms with E-state index in [1.54, 1.807) is 0 Å². The molecule has 0 spiro atoms. The number of aromatic nitrogens is 2. The van der Waals surface area contributed by atoms with Crippen molar-refractivity contribution in [2.75, 3.05) is 5.73 Å². The summed E-state index contributed by atoms with van der Waals surface area (Å²) in [4.78, 5) is 24.8. The summed E-state index contributed by atoms with van der Waals surface area (Å²) in [7, 11) is 0. The van der Waals surface area contributed by atoms with Gasteiger partial charge in [0.15, 0.2) is 0 Å². The molecule has 0 radical (unpaired) electrons. The van der Waals surface area contributed by atoms with E-state index in [0.717, 1.165) is 0 Å². The van der Waals surface area contributed by atoms with E-state index in [2.05, 4.69) is 4.98 Å². The summed E-state index contributed by atoms with van der Waals surface area (Å²) in [6.07, 6.45) is 0. The van der Waals surface area contributed by atoms with Gasteiger partial charge in [0, 0.05) is 12.1 Å². The van der Waals surface area contributed by atoms with Gasteiger partial charge in [-0.15, -0.1) is 0 Å². The fourth-order valence-corrected chi connectivity index (χ4v) is 1.31. The van der Waals surface area contributed by atoms with Crippen LogP contribution < -0.4 is 17.0 Å². The van der Waals surface area contributed by atoms with E-state index in [-0.39, 0.29) is 17.3 Å². The number of hydrogen-bond donors (Lipinski definition) is 2. The molecule has 5 heteroatoms. The van der Waals surface area contributed by atoms with E-state index in [1.165, 1.54) is 10.6 Å². The second-order valence-corrected chi connectivity index (χ2v) is 4.78. The van der Waals surface area contributed by atoms with Crippen molar-refractivity contribution in [3.05, 3.63) is 26.9 Å². The van der Waals surface area contributed by atoms with Gasteiger partial charge >= 0.3 is 5.69 Å². The number of nitrogens with zero attached hydrogens (tertiary/aromatic N) is 1. The quantitative estimate of drug-likeness (QED) is 0.718. The van der Waals surface area contributed by atoms with Crippen LogP contribution in [0.2, 0.25) is 0 Å². The van der Waals surface area contributed by atoms with Gasteiger partial charge in [0.1, 0.15) is 5.82 Å². The molecule has 1 unspecified atom stereocenters. The van der Waals surface area contributed by atoms with Crippen LogP contribution in [0.4, 0.5) is 5.82 Å². The van der Waals surface area contributed by atoms with Crippen LogP contribution in [0, 0.1) is 5.41 Å². The van der Waals surface area contributed by atoms with E-state index in [1.807, 2.05) is 27.7 Å².